The highest BCUT2D eigenvalue weighted by Crippen LogP contribution is 1.87. The molecule has 52 valence electrons. The highest BCUT2D eigenvalue weighted by Gasteiger charge is 1.80. The van der Waals surface area contributed by atoms with Crippen molar-refractivity contribution in [2.75, 3.05) is 6.54 Å². The van der Waals surface area contributed by atoms with Gasteiger partial charge in [0, 0.05) is 6.54 Å². The molecule has 0 radical (unpaired) electrons. The second-order valence-electron chi connectivity index (χ2n) is 1.74. The van der Waals surface area contributed by atoms with Crippen molar-refractivity contribution < 1.29 is 0 Å². The minimum atomic E-state index is 0.166. The first-order valence-corrected chi connectivity index (χ1v) is 2.93. The average Bonchev–Trinajstić information content (AvgIpc) is 1.80. The molecule has 0 unspecified atom stereocenters. The van der Waals surface area contributed by atoms with Gasteiger partial charge in [0.1, 0.15) is 0 Å². The van der Waals surface area contributed by atoms with E-state index < -0.39 is 0 Å². The molecule has 0 rings (SSSR count). The van der Waals surface area contributed by atoms with E-state index in [-0.39, 0.29) is 5.96 Å². The highest BCUT2D eigenvalue weighted by molar-refractivity contribution is 5.75. The number of guanidine groups is 1. The summed E-state index contributed by atoms with van der Waals surface area (Å²) in [6, 6.07) is 0. The van der Waals surface area contributed by atoms with E-state index in [2.05, 4.69) is 11.6 Å². The van der Waals surface area contributed by atoms with Crippen LogP contribution in [0, 0.1) is 0 Å². The second-order valence-corrected chi connectivity index (χ2v) is 1.74. The Morgan fingerprint density at radius 2 is 2.22 bits per heavy atom. The smallest absolute Gasteiger partial charge is 0.185 e. The third kappa shape index (κ3) is 7.01. The second kappa shape index (κ2) is 5.15. The summed E-state index contributed by atoms with van der Waals surface area (Å²) in [5.41, 5.74) is 10.2. The summed E-state index contributed by atoms with van der Waals surface area (Å²) in [7, 11) is 0. The molecule has 0 saturated carbocycles. The number of hydrogen-bond acceptors (Lipinski definition) is 1. The van der Waals surface area contributed by atoms with Gasteiger partial charge in [-0.2, -0.15) is 0 Å². The van der Waals surface area contributed by atoms with Gasteiger partial charge in [-0.1, -0.05) is 6.08 Å². The molecule has 3 nitrogen and oxygen atoms in total. The van der Waals surface area contributed by atoms with Gasteiger partial charge < -0.3 is 11.5 Å². The largest absolute Gasteiger partial charge is 0.370 e. The Morgan fingerprint density at radius 3 is 2.67 bits per heavy atom. The molecule has 0 spiro atoms. The quantitative estimate of drug-likeness (QED) is 0.246. The molecular formula is C6H13N3. The van der Waals surface area contributed by atoms with Crippen LogP contribution in [0.2, 0.25) is 0 Å². The Labute approximate surface area is 55.4 Å². The van der Waals surface area contributed by atoms with Crippen LogP contribution >= 0.6 is 0 Å². The Balaban J connectivity index is 3.09. The van der Waals surface area contributed by atoms with Gasteiger partial charge in [0.2, 0.25) is 0 Å². The number of rotatable bonds is 4. The Kier molecular flexibility index (Phi) is 4.59. The fourth-order valence-electron chi connectivity index (χ4n) is 0.444. The number of hydrogen-bond donors (Lipinski definition) is 2. The molecule has 9 heavy (non-hydrogen) atoms. The first-order valence-electron chi connectivity index (χ1n) is 2.93. The van der Waals surface area contributed by atoms with E-state index in [0.717, 1.165) is 12.8 Å². The molecule has 0 heterocycles. The SMILES string of the molecule is C=CCCCN=C(N)N. The summed E-state index contributed by atoms with van der Waals surface area (Å²) in [5, 5.41) is 0. The molecule has 4 N–H and O–H groups in total. The topological polar surface area (TPSA) is 64.4 Å². The molecule has 0 aromatic carbocycles. The molecule has 0 bridgehead atoms. The predicted octanol–water partition coefficient (Wildman–Crippen LogP) is 0.226. The zero-order valence-electron chi connectivity index (χ0n) is 5.51. The maximum Gasteiger partial charge on any atom is 0.185 e. The van der Waals surface area contributed by atoms with Crippen molar-refractivity contribution in [1.82, 2.24) is 0 Å². The lowest BCUT2D eigenvalue weighted by Crippen LogP contribution is -2.22. The van der Waals surface area contributed by atoms with Crippen LogP contribution in [0.4, 0.5) is 0 Å². The minimum Gasteiger partial charge on any atom is -0.370 e. The summed E-state index contributed by atoms with van der Waals surface area (Å²) in [4.78, 5) is 3.79. The molecule has 0 amide bonds. The predicted molar refractivity (Wildman–Crippen MR) is 40.1 cm³/mol. The van der Waals surface area contributed by atoms with E-state index in [9.17, 15) is 0 Å². The van der Waals surface area contributed by atoms with Crippen LogP contribution < -0.4 is 11.5 Å². The number of unbranched alkanes of at least 4 members (excludes halogenated alkanes) is 1. The summed E-state index contributed by atoms with van der Waals surface area (Å²) >= 11 is 0. The highest BCUT2D eigenvalue weighted by atomic mass is 15.0. The van der Waals surface area contributed by atoms with Gasteiger partial charge >= 0.3 is 0 Å². The lowest BCUT2D eigenvalue weighted by atomic mass is 10.3. The lowest BCUT2D eigenvalue weighted by Gasteiger charge is -1.90. The molecule has 0 fully saturated rings. The average molecular weight is 127 g/mol. The van der Waals surface area contributed by atoms with Crippen molar-refractivity contribution in [2.24, 2.45) is 16.5 Å². The van der Waals surface area contributed by atoms with Gasteiger partial charge in [0.05, 0.1) is 0 Å². The van der Waals surface area contributed by atoms with Crippen LogP contribution in [0.5, 0.6) is 0 Å². The number of aliphatic imine (C=N–C) groups is 1. The van der Waals surface area contributed by atoms with Crippen molar-refractivity contribution in [1.29, 1.82) is 0 Å². The maximum atomic E-state index is 5.08. The zero-order valence-corrected chi connectivity index (χ0v) is 5.51. The monoisotopic (exact) mass is 127 g/mol. The van der Waals surface area contributed by atoms with E-state index in [1.54, 1.807) is 0 Å². The first kappa shape index (κ1) is 8.01. The van der Waals surface area contributed by atoms with E-state index in [1.807, 2.05) is 6.08 Å². The van der Waals surface area contributed by atoms with Gasteiger partial charge in [0.15, 0.2) is 5.96 Å². The molecule has 0 aromatic rings. The summed E-state index contributed by atoms with van der Waals surface area (Å²) < 4.78 is 0. The van der Waals surface area contributed by atoms with Crippen LogP contribution in [-0.2, 0) is 0 Å². The van der Waals surface area contributed by atoms with Crippen molar-refractivity contribution in [3.05, 3.63) is 12.7 Å². The fourth-order valence-corrected chi connectivity index (χ4v) is 0.444. The Morgan fingerprint density at radius 1 is 1.56 bits per heavy atom. The Bertz CT molecular complexity index is 103. The molecule has 0 saturated heterocycles. The van der Waals surface area contributed by atoms with Crippen LogP contribution in [0.25, 0.3) is 0 Å². The van der Waals surface area contributed by atoms with Crippen molar-refractivity contribution in [3.8, 4) is 0 Å². The molecule has 0 atom stereocenters. The third-order valence-electron chi connectivity index (χ3n) is 0.861. The van der Waals surface area contributed by atoms with Gasteiger partial charge in [0.25, 0.3) is 0 Å². The van der Waals surface area contributed by atoms with Crippen LogP contribution in [-0.4, -0.2) is 12.5 Å². The van der Waals surface area contributed by atoms with Crippen molar-refractivity contribution in [3.63, 3.8) is 0 Å². The fraction of sp³-hybridized carbons (Fsp3) is 0.500. The van der Waals surface area contributed by atoms with Crippen molar-refractivity contribution in [2.45, 2.75) is 12.8 Å². The summed E-state index contributed by atoms with van der Waals surface area (Å²) in [5.74, 6) is 0.166. The van der Waals surface area contributed by atoms with Gasteiger partial charge in [-0.3, -0.25) is 4.99 Å². The van der Waals surface area contributed by atoms with E-state index >= 15 is 0 Å². The van der Waals surface area contributed by atoms with Gasteiger partial charge in [-0.25, -0.2) is 0 Å². The van der Waals surface area contributed by atoms with E-state index in [1.165, 1.54) is 0 Å². The third-order valence-corrected chi connectivity index (χ3v) is 0.861. The van der Waals surface area contributed by atoms with Gasteiger partial charge in [-0.15, -0.1) is 6.58 Å². The molecule has 0 aromatic heterocycles. The first-order chi connectivity index (χ1) is 4.27. The number of nitrogens with zero attached hydrogens (tertiary/aromatic N) is 1. The summed E-state index contributed by atoms with van der Waals surface area (Å²) in [6.07, 6.45) is 3.79. The normalized spacial score (nSPS) is 8.44. The number of allylic oxidation sites excluding steroid dienone is 1. The molecule has 3 heteroatoms. The lowest BCUT2D eigenvalue weighted by molar-refractivity contribution is 0.854. The van der Waals surface area contributed by atoms with Crippen LogP contribution in [0.1, 0.15) is 12.8 Å². The minimum absolute atomic E-state index is 0.166. The zero-order chi connectivity index (χ0) is 7.11. The maximum absolute atomic E-state index is 5.08. The van der Waals surface area contributed by atoms with Gasteiger partial charge in [-0.05, 0) is 12.8 Å². The summed E-state index contributed by atoms with van der Waals surface area (Å²) in [6.45, 7) is 4.27. The molecule has 0 aliphatic heterocycles. The molecule has 0 aliphatic carbocycles. The van der Waals surface area contributed by atoms with Crippen LogP contribution in [0.3, 0.4) is 0 Å². The van der Waals surface area contributed by atoms with E-state index in [0.29, 0.717) is 6.54 Å². The van der Waals surface area contributed by atoms with E-state index in [4.69, 9.17) is 11.5 Å². The van der Waals surface area contributed by atoms with Crippen molar-refractivity contribution >= 4 is 5.96 Å². The van der Waals surface area contributed by atoms with Crippen LogP contribution in [0.15, 0.2) is 17.6 Å². The standard InChI is InChI=1S/C6H13N3/c1-2-3-4-5-9-6(7)8/h2H,1,3-5H2,(H4,7,8,9). The number of nitrogens with two attached hydrogens (primary N) is 2. The molecular weight excluding hydrogens is 114 g/mol. The Hall–Kier alpha value is -0.990. The molecule has 0 aliphatic rings.